The maximum absolute atomic E-state index is 14.8. The van der Waals surface area contributed by atoms with Crippen molar-refractivity contribution in [3.8, 4) is 22.6 Å². The van der Waals surface area contributed by atoms with Crippen LogP contribution in [-0.4, -0.2) is 19.4 Å². The van der Waals surface area contributed by atoms with Crippen LogP contribution in [0.15, 0.2) is 46.9 Å². The van der Waals surface area contributed by atoms with E-state index < -0.39 is 17.7 Å². The summed E-state index contributed by atoms with van der Waals surface area (Å²) in [6.07, 6.45) is 0. The number of hydrogen-bond donors (Lipinski definition) is 0. The van der Waals surface area contributed by atoms with E-state index in [1.165, 1.54) is 13.0 Å². The molecule has 134 valence electrons. The van der Waals surface area contributed by atoms with Gasteiger partial charge >= 0.3 is 11.9 Å². The molecule has 3 aromatic rings. The molecule has 0 unspecified atom stereocenters. The van der Waals surface area contributed by atoms with Crippen molar-refractivity contribution in [3.05, 3.63) is 48.2 Å². The molecule has 4 rings (SSSR count). The third-order valence-corrected chi connectivity index (χ3v) is 4.06. The predicted molar refractivity (Wildman–Crippen MR) is 88.3 cm³/mol. The van der Waals surface area contributed by atoms with E-state index in [9.17, 15) is 13.6 Å². The van der Waals surface area contributed by atoms with Gasteiger partial charge in [-0.25, -0.2) is 4.79 Å². The Balaban J connectivity index is 1.99. The van der Waals surface area contributed by atoms with E-state index in [0.717, 1.165) is 0 Å². The standard InChI is InChI=1S/C19H14F2O5/c1-2-23-18(22)19(20,21)17-16(11-6-4-3-5-7-11)12-8-14-15(25-10-24-14)9-13(12)26-17/h3-9H,2,10H2,1H3. The summed E-state index contributed by atoms with van der Waals surface area (Å²) in [6.45, 7) is 1.35. The molecule has 0 spiro atoms. The summed E-state index contributed by atoms with van der Waals surface area (Å²) in [7, 11) is 0. The van der Waals surface area contributed by atoms with E-state index in [-0.39, 0.29) is 24.5 Å². The van der Waals surface area contributed by atoms with Gasteiger partial charge in [0, 0.05) is 17.0 Å². The van der Waals surface area contributed by atoms with Gasteiger partial charge in [-0.1, -0.05) is 30.3 Å². The Morgan fingerprint density at radius 1 is 1.15 bits per heavy atom. The molecule has 2 aromatic carbocycles. The van der Waals surface area contributed by atoms with Crippen molar-refractivity contribution < 1.29 is 32.2 Å². The molecule has 1 aliphatic heterocycles. The molecule has 0 amide bonds. The Bertz CT molecular complexity index is 979. The zero-order valence-corrected chi connectivity index (χ0v) is 13.8. The van der Waals surface area contributed by atoms with Gasteiger partial charge in [-0.15, -0.1) is 0 Å². The Labute approximate surface area is 147 Å². The van der Waals surface area contributed by atoms with Crippen molar-refractivity contribution >= 4 is 16.9 Å². The number of fused-ring (bicyclic) bond motifs is 2. The number of alkyl halides is 2. The minimum atomic E-state index is -3.94. The molecule has 2 heterocycles. The number of carbonyl (C=O) groups excluding carboxylic acids is 1. The van der Waals surface area contributed by atoms with Gasteiger partial charge in [0.15, 0.2) is 17.3 Å². The topological polar surface area (TPSA) is 57.9 Å². The van der Waals surface area contributed by atoms with Crippen LogP contribution in [0.3, 0.4) is 0 Å². The number of ether oxygens (including phenoxy) is 3. The average molecular weight is 360 g/mol. The molecule has 0 fully saturated rings. The zero-order chi connectivity index (χ0) is 18.3. The molecule has 0 saturated heterocycles. The molecule has 0 atom stereocenters. The number of esters is 1. The summed E-state index contributed by atoms with van der Waals surface area (Å²) < 4.78 is 50.1. The van der Waals surface area contributed by atoms with Crippen LogP contribution in [0, 0.1) is 0 Å². The fourth-order valence-corrected chi connectivity index (χ4v) is 2.91. The summed E-state index contributed by atoms with van der Waals surface area (Å²) in [6, 6.07) is 11.6. The third kappa shape index (κ3) is 2.47. The lowest BCUT2D eigenvalue weighted by Gasteiger charge is -2.14. The highest BCUT2D eigenvalue weighted by molar-refractivity contribution is 5.99. The van der Waals surface area contributed by atoms with Crippen molar-refractivity contribution in [2.45, 2.75) is 12.8 Å². The Hall–Kier alpha value is -3.09. The van der Waals surface area contributed by atoms with Gasteiger partial charge in [0.05, 0.1) is 6.61 Å². The van der Waals surface area contributed by atoms with Crippen molar-refractivity contribution in [1.82, 2.24) is 0 Å². The van der Waals surface area contributed by atoms with Gasteiger partial charge in [0.25, 0.3) is 0 Å². The van der Waals surface area contributed by atoms with Crippen molar-refractivity contribution in [3.63, 3.8) is 0 Å². The zero-order valence-electron chi connectivity index (χ0n) is 13.8. The lowest BCUT2D eigenvalue weighted by molar-refractivity contribution is -0.175. The van der Waals surface area contributed by atoms with Crippen LogP contribution < -0.4 is 9.47 Å². The lowest BCUT2D eigenvalue weighted by Crippen LogP contribution is -2.28. The van der Waals surface area contributed by atoms with Crippen molar-refractivity contribution in [2.24, 2.45) is 0 Å². The average Bonchev–Trinajstić information content (AvgIpc) is 3.24. The number of rotatable bonds is 4. The number of benzene rings is 2. The monoisotopic (exact) mass is 360 g/mol. The second-order valence-electron chi connectivity index (χ2n) is 5.67. The fraction of sp³-hybridized carbons (Fsp3) is 0.211. The highest BCUT2D eigenvalue weighted by atomic mass is 19.3. The summed E-state index contributed by atoms with van der Waals surface area (Å²) in [5.74, 6) is -5.53. The summed E-state index contributed by atoms with van der Waals surface area (Å²) in [4.78, 5) is 11.8. The van der Waals surface area contributed by atoms with Gasteiger partial charge in [-0.05, 0) is 18.6 Å². The first-order chi connectivity index (χ1) is 12.5. The van der Waals surface area contributed by atoms with E-state index >= 15 is 0 Å². The van der Waals surface area contributed by atoms with Crippen LogP contribution >= 0.6 is 0 Å². The first-order valence-electron chi connectivity index (χ1n) is 7.99. The van der Waals surface area contributed by atoms with E-state index in [1.54, 1.807) is 36.4 Å². The minimum Gasteiger partial charge on any atom is -0.461 e. The van der Waals surface area contributed by atoms with Crippen LogP contribution in [0.25, 0.3) is 22.1 Å². The highest BCUT2D eigenvalue weighted by Gasteiger charge is 2.49. The molecule has 0 bridgehead atoms. The van der Waals surface area contributed by atoms with Crippen LogP contribution in [0.2, 0.25) is 0 Å². The molecule has 1 aromatic heterocycles. The van der Waals surface area contributed by atoms with Crippen molar-refractivity contribution in [1.29, 1.82) is 0 Å². The fourth-order valence-electron chi connectivity index (χ4n) is 2.91. The normalized spacial score (nSPS) is 13.2. The van der Waals surface area contributed by atoms with Gasteiger partial charge in [-0.3, -0.25) is 0 Å². The van der Waals surface area contributed by atoms with E-state index in [1.807, 2.05) is 0 Å². The van der Waals surface area contributed by atoms with Crippen LogP contribution in [0.1, 0.15) is 12.7 Å². The Kier molecular flexibility index (Phi) is 3.79. The Morgan fingerprint density at radius 2 is 1.85 bits per heavy atom. The first-order valence-corrected chi connectivity index (χ1v) is 7.99. The van der Waals surface area contributed by atoms with E-state index in [2.05, 4.69) is 4.74 Å². The largest absolute Gasteiger partial charge is 0.461 e. The van der Waals surface area contributed by atoms with Crippen LogP contribution in [0.4, 0.5) is 8.78 Å². The minimum absolute atomic E-state index is 0.0501. The molecule has 1 aliphatic rings. The second-order valence-corrected chi connectivity index (χ2v) is 5.67. The van der Waals surface area contributed by atoms with E-state index in [0.29, 0.717) is 22.4 Å². The molecule has 7 heteroatoms. The summed E-state index contributed by atoms with van der Waals surface area (Å²) in [5.41, 5.74) is 0.785. The quantitative estimate of drug-likeness (QED) is 0.642. The second kappa shape index (κ2) is 6.01. The molecule has 0 radical (unpaired) electrons. The van der Waals surface area contributed by atoms with Crippen LogP contribution in [-0.2, 0) is 15.5 Å². The smallest absolute Gasteiger partial charge is 0.399 e. The van der Waals surface area contributed by atoms with Crippen molar-refractivity contribution in [2.75, 3.05) is 13.4 Å². The highest BCUT2D eigenvalue weighted by Crippen LogP contribution is 2.47. The maximum Gasteiger partial charge on any atom is 0.399 e. The molecule has 5 nitrogen and oxygen atoms in total. The molecular formula is C19H14F2O5. The first kappa shape index (κ1) is 16.4. The van der Waals surface area contributed by atoms with E-state index in [4.69, 9.17) is 13.9 Å². The molecule has 0 saturated carbocycles. The number of hydrogen-bond acceptors (Lipinski definition) is 5. The van der Waals surface area contributed by atoms with Gasteiger partial charge < -0.3 is 18.6 Å². The maximum atomic E-state index is 14.8. The number of furan rings is 1. The summed E-state index contributed by atoms with van der Waals surface area (Å²) >= 11 is 0. The van der Waals surface area contributed by atoms with Gasteiger partial charge in [-0.2, -0.15) is 8.78 Å². The molecule has 26 heavy (non-hydrogen) atoms. The summed E-state index contributed by atoms with van der Waals surface area (Å²) in [5, 5.41) is 0.402. The molecule has 0 N–H and O–H groups in total. The van der Waals surface area contributed by atoms with Crippen LogP contribution in [0.5, 0.6) is 11.5 Å². The Morgan fingerprint density at radius 3 is 2.54 bits per heavy atom. The lowest BCUT2D eigenvalue weighted by atomic mass is 9.99. The number of halogens is 2. The van der Waals surface area contributed by atoms with Gasteiger partial charge in [0.2, 0.25) is 6.79 Å². The number of carbonyl (C=O) groups is 1. The SMILES string of the molecule is CCOC(=O)C(F)(F)c1oc2cc3c(cc2c1-c1ccccc1)OCO3. The third-order valence-electron chi connectivity index (χ3n) is 4.06. The molecule has 0 aliphatic carbocycles. The predicted octanol–water partition coefficient (Wildman–Crippen LogP) is 4.48. The van der Waals surface area contributed by atoms with Gasteiger partial charge in [0.1, 0.15) is 5.58 Å². The molecular weight excluding hydrogens is 346 g/mol.